The zero-order valence-electron chi connectivity index (χ0n) is 46.9. The van der Waals surface area contributed by atoms with Gasteiger partial charge in [-0.05, 0) is 237 Å². The molecule has 2 aliphatic rings. The zero-order valence-corrected chi connectivity index (χ0v) is 46.9. The van der Waals surface area contributed by atoms with Gasteiger partial charge in [-0.25, -0.2) is 0 Å². The SMILES string of the molecule is Cc1cc(C)c(-c2c3c(c(-c4ccccc4-c4ccccc4)c4ccccc24)=c2ccc4c5ccc6c7c(ccc(c8ccc=3c2c48)c75)=c2c(-c3c(C)cc(C)cc3C)c3ccccc3c(-c3ccccc3-c3ccccc3)c2=6)c(C)c1. The maximum Gasteiger partial charge on any atom is -0.000718 e. The van der Waals surface area contributed by atoms with Gasteiger partial charge < -0.3 is 0 Å². The molecule has 0 heterocycles. The van der Waals surface area contributed by atoms with Gasteiger partial charge in [-0.1, -0.05) is 242 Å². The lowest BCUT2D eigenvalue weighted by Gasteiger charge is -2.20. The summed E-state index contributed by atoms with van der Waals surface area (Å²) in [6, 6.07) is 88.1. The minimum Gasteiger partial charge on any atom is -0.0622 e. The van der Waals surface area contributed by atoms with Gasteiger partial charge in [0.05, 0.1) is 0 Å². The summed E-state index contributed by atoms with van der Waals surface area (Å²) in [5.41, 5.74) is 23.2. The van der Waals surface area contributed by atoms with Gasteiger partial charge in [0, 0.05) is 0 Å². The maximum absolute atomic E-state index is 2.50. The van der Waals surface area contributed by atoms with Crippen molar-refractivity contribution in [3.05, 3.63) is 306 Å². The summed E-state index contributed by atoms with van der Waals surface area (Å²) < 4.78 is 0. The molecule has 0 amide bonds. The molecule has 0 nitrogen and oxygen atoms in total. The molecule has 0 heteroatoms. The predicted molar refractivity (Wildman–Crippen MR) is 347 cm³/mol. The van der Waals surface area contributed by atoms with Crippen molar-refractivity contribution >= 4 is 64.6 Å². The van der Waals surface area contributed by atoms with Crippen molar-refractivity contribution in [1.29, 1.82) is 0 Å². The summed E-state index contributed by atoms with van der Waals surface area (Å²) in [6.45, 7) is 13.7. The highest BCUT2D eigenvalue weighted by atomic mass is 14.3. The molecule has 17 rings (SSSR count). The van der Waals surface area contributed by atoms with Crippen LogP contribution >= 0.6 is 0 Å². The van der Waals surface area contributed by atoms with E-state index in [2.05, 4.69) is 272 Å². The second-order valence-electron chi connectivity index (χ2n) is 23.6. The molecule has 0 bridgehead atoms. The molecular formula is C82H56. The molecule has 0 atom stereocenters. The largest absolute Gasteiger partial charge is 0.0622 e. The maximum atomic E-state index is 2.50. The van der Waals surface area contributed by atoms with Gasteiger partial charge in [0.1, 0.15) is 0 Å². The number of hydrogen-bond donors (Lipinski definition) is 0. The Labute approximate surface area is 475 Å². The molecule has 0 aromatic heterocycles. The molecule has 82 heavy (non-hydrogen) atoms. The highest BCUT2D eigenvalue weighted by molar-refractivity contribution is 6.33. The van der Waals surface area contributed by atoms with Crippen LogP contribution in [0.1, 0.15) is 33.4 Å². The molecular weight excluding hydrogens is 985 g/mol. The van der Waals surface area contributed by atoms with E-state index in [0.29, 0.717) is 0 Å². The summed E-state index contributed by atoms with van der Waals surface area (Å²) in [5, 5.41) is 26.3. The molecule has 15 aromatic carbocycles. The average molecular weight is 1040 g/mol. The van der Waals surface area contributed by atoms with Crippen molar-refractivity contribution in [1.82, 2.24) is 0 Å². The van der Waals surface area contributed by atoms with Crippen molar-refractivity contribution in [3.8, 4) is 66.8 Å². The first-order chi connectivity index (χ1) is 40.2. The Balaban J connectivity index is 1.08. The third kappa shape index (κ3) is 6.33. The van der Waals surface area contributed by atoms with Gasteiger partial charge in [-0.3, -0.25) is 0 Å². The summed E-state index contributed by atoms with van der Waals surface area (Å²) in [5.74, 6) is 0. The number of fused-ring (bicyclic) bond motifs is 6. The molecule has 15 aromatic rings. The molecule has 0 spiro atoms. The lowest BCUT2D eigenvalue weighted by atomic mass is 9.83. The van der Waals surface area contributed by atoms with Crippen LogP contribution in [0.2, 0.25) is 0 Å². The third-order valence-electron chi connectivity index (χ3n) is 18.8. The van der Waals surface area contributed by atoms with Crippen LogP contribution < -0.4 is 0 Å². The van der Waals surface area contributed by atoms with Crippen LogP contribution in [0.4, 0.5) is 0 Å². The van der Waals surface area contributed by atoms with E-state index in [1.807, 2.05) is 0 Å². The standard InChI is InChI=1S/C82H56/c1-45-41-47(3)69(48(4)42-45)77-59-31-19-17-29-57(59)73(55-27-15-13-25-53(55)51-21-9-7-10-22-51)79-65-37-33-61-62-34-38-66-76-68(40-36-64(72(62)76)63-35-39-67(81(77)79)75(65)71(61)63)82-78(70-49(5)43-46(2)44-50(70)6)60-32-20-18-30-58(60)74(80(66)82)56-28-16-14-26-54(56)52-23-11-8-12-24-52/h7-44H,1-6H3. The molecule has 0 N–H and O–H groups in total. The second-order valence-corrected chi connectivity index (χ2v) is 23.6. The Morgan fingerprint density at radius 3 is 0.793 bits per heavy atom. The van der Waals surface area contributed by atoms with E-state index in [9.17, 15) is 0 Å². The van der Waals surface area contributed by atoms with Crippen molar-refractivity contribution in [2.24, 2.45) is 0 Å². The number of rotatable bonds is 6. The van der Waals surface area contributed by atoms with Gasteiger partial charge in [0.2, 0.25) is 0 Å². The second kappa shape index (κ2) is 17.3. The van der Waals surface area contributed by atoms with Gasteiger partial charge in [0.25, 0.3) is 0 Å². The van der Waals surface area contributed by atoms with Crippen LogP contribution in [0.3, 0.4) is 0 Å². The van der Waals surface area contributed by atoms with E-state index in [1.54, 1.807) is 0 Å². The lowest BCUT2D eigenvalue weighted by molar-refractivity contribution is 1.32. The molecule has 384 valence electrons. The molecule has 0 aliphatic heterocycles. The normalized spacial score (nSPS) is 12.3. The minimum atomic E-state index is 1.22. The van der Waals surface area contributed by atoms with Crippen molar-refractivity contribution in [2.75, 3.05) is 0 Å². The van der Waals surface area contributed by atoms with E-state index in [4.69, 9.17) is 0 Å². The van der Waals surface area contributed by atoms with Gasteiger partial charge in [-0.15, -0.1) is 0 Å². The van der Waals surface area contributed by atoms with Crippen LogP contribution in [-0.4, -0.2) is 0 Å². The Morgan fingerprint density at radius 1 is 0.195 bits per heavy atom. The Bertz CT molecular complexity index is 5370. The lowest BCUT2D eigenvalue weighted by Crippen LogP contribution is -1.97. The van der Waals surface area contributed by atoms with Gasteiger partial charge >= 0.3 is 0 Å². The van der Waals surface area contributed by atoms with Crippen molar-refractivity contribution in [2.45, 2.75) is 41.5 Å². The fraction of sp³-hybridized carbons (Fsp3) is 0.0732. The van der Waals surface area contributed by atoms with E-state index in [1.165, 1.54) is 207 Å². The Hall–Kier alpha value is -9.88. The predicted octanol–water partition coefficient (Wildman–Crippen LogP) is 21.7. The summed E-state index contributed by atoms with van der Waals surface area (Å²) >= 11 is 0. The number of aryl methyl sites for hydroxylation is 6. The van der Waals surface area contributed by atoms with Crippen molar-refractivity contribution in [3.63, 3.8) is 0 Å². The zero-order chi connectivity index (χ0) is 54.8. The molecule has 2 aliphatic carbocycles. The highest BCUT2D eigenvalue weighted by Gasteiger charge is 2.28. The summed E-state index contributed by atoms with van der Waals surface area (Å²) in [6.07, 6.45) is 0. The molecule has 0 unspecified atom stereocenters. The third-order valence-corrected chi connectivity index (χ3v) is 18.8. The fourth-order valence-corrected chi connectivity index (χ4v) is 16.0. The van der Waals surface area contributed by atoms with Gasteiger partial charge in [0.15, 0.2) is 0 Å². The van der Waals surface area contributed by atoms with E-state index in [0.717, 1.165) is 0 Å². The average Bonchev–Trinajstić information content (AvgIpc) is 2.37. The first kappa shape index (κ1) is 47.0. The molecule has 0 fully saturated rings. The first-order valence-electron chi connectivity index (χ1n) is 29.1. The van der Waals surface area contributed by atoms with E-state index < -0.39 is 0 Å². The molecule has 0 saturated carbocycles. The van der Waals surface area contributed by atoms with Crippen LogP contribution in [0.5, 0.6) is 0 Å². The minimum absolute atomic E-state index is 1.22. The molecule has 0 saturated heterocycles. The molecule has 0 radical (unpaired) electrons. The number of hydrogen-bond acceptors (Lipinski definition) is 0. The Morgan fingerprint density at radius 2 is 0.463 bits per heavy atom. The van der Waals surface area contributed by atoms with Gasteiger partial charge in [-0.2, -0.15) is 0 Å². The number of benzene rings is 15. The highest BCUT2D eigenvalue weighted by Crippen LogP contribution is 2.51. The smallest absolute Gasteiger partial charge is 0.000718 e. The first-order valence-corrected chi connectivity index (χ1v) is 29.1. The fourth-order valence-electron chi connectivity index (χ4n) is 16.0. The van der Waals surface area contributed by atoms with Crippen LogP contribution in [0.15, 0.2) is 231 Å². The van der Waals surface area contributed by atoms with Crippen molar-refractivity contribution < 1.29 is 0 Å². The van der Waals surface area contributed by atoms with Crippen LogP contribution in [-0.2, 0) is 0 Å². The summed E-state index contributed by atoms with van der Waals surface area (Å²) in [4.78, 5) is 0. The van der Waals surface area contributed by atoms with E-state index >= 15 is 0 Å². The Kier molecular flexibility index (Phi) is 9.92. The van der Waals surface area contributed by atoms with Crippen LogP contribution in [0, 0.1) is 83.3 Å². The topological polar surface area (TPSA) is 0 Å². The monoisotopic (exact) mass is 1040 g/mol. The van der Waals surface area contributed by atoms with E-state index in [-0.39, 0.29) is 0 Å². The summed E-state index contributed by atoms with van der Waals surface area (Å²) in [7, 11) is 0. The van der Waals surface area contributed by atoms with Crippen LogP contribution in [0.25, 0.3) is 131 Å². The quantitative estimate of drug-likeness (QED) is 0.115.